The summed E-state index contributed by atoms with van der Waals surface area (Å²) in [6.45, 7) is 5.43. The van der Waals surface area contributed by atoms with Gasteiger partial charge >= 0.3 is 6.09 Å². The van der Waals surface area contributed by atoms with Crippen LogP contribution < -0.4 is 5.32 Å². The van der Waals surface area contributed by atoms with E-state index in [1.54, 1.807) is 0 Å². The fourth-order valence-corrected chi connectivity index (χ4v) is 2.71. The average Bonchev–Trinajstić information content (AvgIpc) is 2.24. The van der Waals surface area contributed by atoms with Gasteiger partial charge in [0.25, 0.3) is 10.1 Å². The third kappa shape index (κ3) is 16.3. The van der Waals surface area contributed by atoms with Crippen molar-refractivity contribution < 1.29 is 30.6 Å². The third-order valence-corrected chi connectivity index (χ3v) is 3.33. The minimum atomic E-state index is -3.40. The zero-order chi connectivity index (χ0) is 19.2. The van der Waals surface area contributed by atoms with Gasteiger partial charge in [-0.2, -0.15) is 8.42 Å². The molecular weight excluding hydrogens is 382 g/mol. The van der Waals surface area contributed by atoms with Crippen molar-refractivity contribution in [1.82, 2.24) is 5.32 Å². The zero-order valence-electron chi connectivity index (χ0n) is 14.5. The maximum atomic E-state index is 11.6. The molecule has 0 atom stereocenters. The number of amides is 1. The molecule has 24 heavy (non-hydrogen) atoms. The van der Waals surface area contributed by atoms with E-state index < -0.39 is 30.9 Å². The predicted molar refractivity (Wildman–Crippen MR) is 92.0 cm³/mol. The molecule has 0 aliphatic heterocycles. The second kappa shape index (κ2) is 9.21. The highest BCUT2D eigenvalue weighted by Gasteiger charge is 2.26. The Morgan fingerprint density at radius 3 is 1.79 bits per heavy atom. The molecule has 0 unspecified atom stereocenters. The minimum Gasteiger partial charge on any atom is -0.444 e. The summed E-state index contributed by atoms with van der Waals surface area (Å²) in [5, 5.41) is 2.79. The normalized spacial score (nSPS) is 22.1. The Bertz CT molecular complexity index is 595. The lowest BCUT2D eigenvalue weighted by Gasteiger charge is -2.29. The molecule has 11 heteroatoms. The number of carbonyl (C=O) groups excluding carboxylic acids is 1. The maximum absolute atomic E-state index is 11.6. The predicted octanol–water partition coefficient (Wildman–Crippen LogP) is 1.98. The molecule has 0 aromatic carbocycles. The van der Waals surface area contributed by atoms with Crippen LogP contribution in [0.1, 0.15) is 46.5 Å². The molecule has 1 fully saturated rings. The number of hydrogen-bond donors (Lipinski definition) is 1. The fraction of sp³-hybridized carbons (Fsp3) is 0.923. The number of alkyl carbamates (subject to hydrolysis) is 1. The third-order valence-electron chi connectivity index (χ3n) is 2.71. The Labute approximate surface area is 148 Å². The lowest BCUT2D eigenvalue weighted by molar-refractivity contribution is 0.0472. The van der Waals surface area contributed by atoms with E-state index in [0.29, 0.717) is 25.7 Å². The summed E-state index contributed by atoms with van der Waals surface area (Å²) in [4.78, 5) is 11.6. The van der Waals surface area contributed by atoms with E-state index in [-0.39, 0.29) is 12.1 Å². The highest BCUT2D eigenvalue weighted by Crippen LogP contribution is 2.22. The Kier molecular flexibility index (Phi) is 8.99. The van der Waals surface area contributed by atoms with Gasteiger partial charge in [-0.3, -0.25) is 4.18 Å². The monoisotopic (exact) mass is 407 g/mol. The molecule has 1 aliphatic rings. The van der Waals surface area contributed by atoms with Crippen molar-refractivity contribution in [2.45, 2.75) is 64.2 Å². The van der Waals surface area contributed by atoms with E-state index in [1.165, 1.54) is 0 Å². The first-order chi connectivity index (χ1) is 10.6. The number of ether oxygens (including phenoxy) is 1. The molecule has 1 saturated carbocycles. The van der Waals surface area contributed by atoms with Crippen molar-refractivity contribution in [3.05, 3.63) is 0 Å². The summed E-state index contributed by atoms with van der Waals surface area (Å²) in [5.41, 5.74) is -0.513. The van der Waals surface area contributed by atoms with Gasteiger partial charge in [0, 0.05) is 16.7 Å². The van der Waals surface area contributed by atoms with Gasteiger partial charge in [0.2, 0.25) is 9.05 Å². The standard InChI is InChI=1S/C12H23NO5S.CH3ClO2S/c1-12(2,3)17-11(14)13-9-5-7-10(8-6-9)18-19(4,15)16;1-5(2,3)4/h9-10H,5-8H2,1-4H3,(H,13,14);1H3. The topological polar surface area (TPSA) is 116 Å². The summed E-state index contributed by atoms with van der Waals surface area (Å²) in [6, 6.07) is 0.0225. The van der Waals surface area contributed by atoms with E-state index in [0.717, 1.165) is 12.5 Å². The van der Waals surface area contributed by atoms with Crippen molar-refractivity contribution in [2.75, 3.05) is 12.5 Å². The Morgan fingerprint density at radius 1 is 1.04 bits per heavy atom. The molecule has 0 spiro atoms. The van der Waals surface area contributed by atoms with E-state index in [4.69, 9.17) is 8.92 Å². The van der Waals surface area contributed by atoms with E-state index in [2.05, 4.69) is 16.0 Å². The Morgan fingerprint density at radius 2 is 1.46 bits per heavy atom. The van der Waals surface area contributed by atoms with Crippen LogP contribution in [0.25, 0.3) is 0 Å². The molecule has 144 valence electrons. The first kappa shape index (κ1) is 23.4. The molecular formula is C13H26ClNO7S2. The van der Waals surface area contributed by atoms with Crippen LogP contribution in [0.15, 0.2) is 0 Å². The highest BCUT2D eigenvalue weighted by molar-refractivity contribution is 8.13. The smallest absolute Gasteiger partial charge is 0.407 e. The molecule has 0 aromatic heterocycles. The number of carbonyl (C=O) groups is 1. The van der Waals surface area contributed by atoms with E-state index in [1.807, 2.05) is 20.8 Å². The van der Waals surface area contributed by atoms with Crippen molar-refractivity contribution >= 4 is 35.9 Å². The van der Waals surface area contributed by atoms with Gasteiger partial charge in [-0.15, -0.1) is 0 Å². The second-order valence-corrected chi connectivity index (χ2v) is 11.2. The molecule has 1 rings (SSSR count). The average molecular weight is 408 g/mol. The van der Waals surface area contributed by atoms with Crippen LogP contribution in [0, 0.1) is 0 Å². The van der Waals surface area contributed by atoms with Gasteiger partial charge in [0.15, 0.2) is 0 Å². The van der Waals surface area contributed by atoms with E-state index in [9.17, 15) is 21.6 Å². The van der Waals surface area contributed by atoms with Gasteiger partial charge in [-0.1, -0.05) is 0 Å². The zero-order valence-corrected chi connectivity index (χ0v) is 16.9. The van der Waals surface area contributed by atoms with Crippen LogP contribution >= 0.6 is 10.7 Å². The highest BCUT2D eigenvalue weighted by atomic mass is 35.7. The largest absolute Gasteiger partial charge is 0.444 e. The van der Waals surface area contributed by atoms with Crippen molar-refractivity contribution in [2.24, 2.45) is 0 Å². The molecule has 1 N–H and O–H groups in total. The summed E-state index contributed by atoms with van der Waals surface area (Å²) >= 11 is 0. The maximum Gasteiger partial charge on any atom is 0.407 e. The fourth-order valence-electron chi connectivity index (χ4n) is 2.02. The van der Waals surface area contributed by atoms with Gasteiger partial charge in [0.1, 0.15) is 5.60 Å². The minimum absolute atomic E-state index is 0.0225. The van der Waals surface area contributed by atoms with Gasteiger partial charge in [0.05, 0.1) is 18.6 Å². The van der Waals surface area contributed by atoms with Gasteiger partial charge in [-0.25, -0.2) is 13.2 Å². The lowest BCUT2D eigenvalue weighted by Crippen LogP contribution is -2.42. The Balaban J connectivity index is 0.000000922. The summed E-state index contributed by atoms with van der Waals surface area (Å²) < 4.78 is 50.9. The van der Waals surface area contributed by atoms with Crippen LogP contribution in [0.4, 0.5) is 4.79 Å². The quantitative estimate of drug-likeness (QED) is 0.561. The summed E-state index contributed by atoms with van der Waals surface area (Å²) in [6.07, 6.45) is 3.90. The molecule has 8 nitrogen and oxygen atoms in total. The molecule has 0 saturated heterocycles. The molecule has 0 bridgehead atoms. The number of nitrogens with one attached hydrogen (secondary N) is 1. The molecule has 0 radical (unpaired) electrons. The lowest BCUT2D eigenvalue weighted by atomic mass is 9.93. The first-order valence-corrected chi connectivity index (χ1v) is 11.9. The number of rotatable bonds is 3. The number of halogens is 1. The summed E-state index contributed by atoms with van der Waals surface area (Å²) in [7, 11) is -2.09. The van der Waals surface area contributed by atoms with Crippen LogP contribution in [0.5, 0.6) is 0 Å². The van der Waals surface area contributed by atoms with E-state index >= 15 is 0 Å². The van der Waals surface area contributed by atoms with Gasteiger partial charge < -0.3 is 10.1 Å². The van der Waals surface area contributed by atoms with Crippen molar-refractivity contribution in [1.29, 1.82) is 0 Å². The number of hydrogen-bond acceptors (Lipinski definition) is 7. The molecule has 1 aliphatic carbocycles. The Hall–Kier alpha value is -0.580. The SMILES string of the molecule is CC(C)(C)OC(=O)NC1CCC(OS(C)(=O)=O)CC1.CS(=O)(=O)Cl. The molecule has 0 heterocycles. The molecule has 1 amide bonds. The van der Waals surface area contributed by atoms with Crippen molar-refractivity contribution in [3.63, 3.8) is 0 Å². The van der Waals surface area contributed by atoms with Crippen LogP contribution in [0.3, 0.4) is 0 Å². The van der Waals surface area contributed by atoms with Crippen LogP contribution in [-0.4, -0.2) is 53.2 Å². The van der Waals surface area contributed by atoms with Crippen LogP contribution in [-0.2, 0) is 28.1 Å². The molecule has 0 aromatic rings. The van der Waals surface area contributed by atoms with Gasteiger partial charge in [-0.05, 0) is 46.5 Å². The second-order valence-electron chi connectivity index (χ2n) is 6.60. The van der Waals surface area contributed by atoms with Crippen LogP contribution in [0.2, 0.25) is 0 Å². The summed E-state index contributed by atoms with van der Waals surface area (Å²) in [5.74, 6) is 0. The van der Waals surface area contributed by atoms with Crippen molar-refractivity contribution in [3.8, 4) is 0 Å². The first-order valence-electron chi connectivity index (χ1n) is 7.32.